The van der Waals surface area contributed by atoms with E-state index in [-0.39, 0.29) is 0 Å². The average Bonchev–Trinajstić information content (AvgIpc) is 2.36. The van der Waals surface area contributed by atoms with Crippen molar-refractivity contribution in [2.24, 2.45) is 0 Å². The number of carbonyl (C=O) groups excluding carboxylic acids is 1. The van der Waals surface area contributed by atoms with E-state index in [9.17, 15) is 9.59 Å². The number of alkyl carbamates (subject to hydrolysis) is 1. The van der Waals surface area contributed by atoms with Crippen LogP contribution in [-0.2, 0) is 9.53 Å². The summed E-state index contributed by atoms with van der Waals surface area (Å²) in [7, 11) is 0. The topological polar surface area (TPSA) is 75.6 Å². The second kappa shape index (κ2) is 7.93. The van der Waals surface area contributed by atoms with Gasteiger partial charge in [-0.25, -0.2) is 9.59 Å². The highest BCUT2D eigenvalue weighted by atomic mass is 32.2. The fourth-order valence-corrected chi connectivity index (χ4v) is 2.46. The number of amides is 1. The third kappa shape index (κ3) is 7.60. The van der Waals surface area contributed by atoms with Crippen molar-refractivity contribution in [1.82, 2.24) is 5.32 Å². The molecule has 0 fully saturated rings. The molecule has 1 rings (SSSR count). The first kappa shape index (κ1) is 17.4. The van der Waals surface area contributed by atoms with Crippen LogP contribution in [-0.4, -0.2) is 34.6 Å². The van der Waals surface area contributed by atoms with Gasteiger partial charge < -0.3 is 15.2 Å². The third-order valence-corrected chi connectivity index (χ3v) is 3.45. The maximum absolute atomic E-state index is 11.6. The molecule has 0 aliphatic rings. The number of carboxylic acid groups (broad SMARTS) is 1. The summed E-state index contributed by atoms with van der Waals surface area (Å²) in [5.41, 5.74) is -0.647. The first-order chi connectivity index (χ1) is 9.78. The lowest BCUT2D eigenvalue weighted by atomic mass is 10.2. The van der Waals surface area contributed by atoms with Crippen molar-refractivity contribution in [2.45, 2.75) is 43.7 Å². The molecule has 0 radical (unpaired) electrons. The van der Waals surface area contributed by atoms with E-state index in [1.54, 1.807) is 32.5 Å². The normalized spacial score (nSPS) is 12.5. The van der Waals surface area contributed by atoms with Crippen LogP contribution in [0.1, 0.15) is 27.2 Å². The predicted molar refractivity (Wildman–Crippen MR) is 82.6 cm³/mol. The van der Waals surface area contributed by atoms with Gasteiger partial charge in [-0.1, -0.05) is 18.2 Å². The van der Waals surface area contributed by atoms with Gasteiger partial charge in [0.2, 0.25) is 0 Å². The molecule has 0 aromatic heterocycles. The van der Waals surface area contributed by atoms with E-state index >= 15 is 0 Å². The van der Waals surface area contributed by atoms with Crippen molar-refractivity contribution in [1.29, 1.82) is 0 Å². The largest absolute Gasteiger partial charge is 0.480 e. The zero-order valence-electron chi connectivity index (χ0n) is 12.5. The maximum atomic E-state index is 11.6. The van der Waals surface area contributed by atoms with Crippen LogP contribution in [0.4, 0.5) is 4.79 Å². The number of hydrogen-bond acceptors (Lipinski definition) is 4. The van der Waals surface area contributed by atoms with Gasteiger partial charge >= 0.3 is 12.1 Å². The summed E-state index contributed by atoms with van der Waals surface area (Å²) < 4.78 is 5.06. The minimum atomic E-state index is -1.06. The van der Waals surface area contributed by atoms with E-state index in [4.69, 9.17) is 9.84 Å². The number of thioether (sulfide) groups is 1. The summed E-state index contributed by atoms with van der Waals surface area (Å²) in [5, 5.41) is 11.5. The first-order valence-electron chi connectivity index (χ1n) is 6.68. The van der Waals surface area contributed by atoms with E-state index in [2.05, 4.69) is 5.32 Å². The number of aliphatic carboxylic acids is 1. The lowest BCUT2D eigenvalue weighted by molar-refractivity contribution is -0.139. The molecule has 1 aromatic rings. The molecule has 0 heterocycles. The first-order valence-corrected chi connectivity index (χ1v) is 7.66. The highest BCUT2D eigenvalue weighted by molar-refractivity contribution is 7.99. The van der Waals surface area contributed by atoms with Gasteiger partial charge in [-0.15, -0.1) is 11.8 Å². The minimum absolute atomic E-state index is 0.328. The second-order valence-corrected chi connectivity index (χ2v) is 6.66. The van der Waals surface area contributed by atoms with Crippen LogP contribution >= 0.6 is 11.8 Å². The molecule has 0 saturated heterocycles. The van der Waals surface area contributed by atoms with Gasteiger partial charge in [0.1, 0.15) is 11.6 Å². The Kier molecular flexibility index (Phi) is 6.55. The second-order valence-electron chi connectivity index (χ2n) is 5.49. The Morgan fingerprint density at radius 2 is 1.90 bits per heavy atom. The van der Waals surface area contributed by atoms with Gasteiger partial charge in [0.25, 0.3) is 0 Å². The SMILES string of the molecule is CC(C)(C)OC(=O)NC(CCSc1ccccc1)C(=O)O. The number of carboxylic acids is 1. The zero-order chi connectivity index (χ0) is 15.9. The summed E-state index contributed by atoms with van der Waals surface area (Å²) in [4.78, 5) is 23.8. The lowest BCUT2D eigenvalue weighted by Crippen LogP contribution is -2.43. The molecule has 5 nitrogen and oxygen atoms in total. The Morgan fingerprint density at radius 1 is 1.29 bits per heavy atom. The quantitative estimate of drug-likeness (QED) is 0.789. The van der Waals surface area contributed by atoms with Crippen LogP contribution < -0.4 is 5.32 Å². The highest BCUT2D eigenvalue weighted by Gasteiger charge is 2.23. The van der Waals surface area contributed by atoms with Gasteiger partial charge in [-0.2, -0.15) is 0 Å². The molecule has 116 valence electrons. The van der Waals surface area contributed by atoms with Crippen molar-refractivity contribution in [3.63, 3.8) is 0 Å². The molecule has 0 aliphatic carbocycles. The highest BCUT2D eigenvalue weighted by Crippen LogP contribution is 2.18. The molecule has 2 N–H and O–H groups in total. The molecule has 1 unspecified atom stereocenters. The Balaban J connectivity index is 2.43. The van der Waals surface area contributed by atoms with Crippen LogP contribution in [0.15, 0.2) is 35.2 Å². The number of ether oxygens (including phenoxy) is 1. The number of benzene rings is 1. The molecule has 1 atom stereocenters. The van der Waals surface area contributed by atoms with Gasteiger partial charge in [-0.3, -0.25) is 0 Å². The molecule has 0 spiro atoms. The number of rotatable bonds is 6. The van der Waals surface area contributed by atoms with E-state index < -0.39 is 23.7 Å². The van der Waals surface area contributed by atoms with Gasteiger partial charge in [-0.05, 0) is 39.3 Å². The van der Waals surface area contributed by atoms with E-state index in [1.165, 1.54) is 0 Å². The summed E-state index contributed by atoms with van der Waals surface area (Å²) in [6.07, 6.45) is -0.381. The van der Waals surface area contributed by atoms with Crippen LogP contribution in [0.3, 0.4) is 0 Å². The number of hydrogen-bond donors (Lipinski definition) is 2. The number of nitrogens with one attached hydrogen (secondary N) is 1. The fourth-order valence-electron chi connectivity index (χ4n) is 1.52. The molecule has 0 aliphatic heterocycles. The molecule has 1 aromatic carbocycles. The molecule has 1 amide bonds. The van der Waals surface area contributed by atoms with E-state index in [1.807, 2.05) is 30.3 Å². The van der Waals surface area contributed by atoms with Crippen molar-refractivity contribution < 1.29 is 19.4 Å². The zero-order valence-corrected chi connectivity index (χ0v) is 13.3. The Bertz CT molecular complexity index is 470. The minimum Gasteiger partial charge on any atom is -0.480 e. The van der Waals surface area contributed by atoms with E-state index in [0.29, 0.717) is 12.2 Å². The van der Waals surface area contributed by atoms with Crippen molar-refractivity contribution in [2.75, 3.05) is 5.75 Å². The van der Waals surface area contributed by atoms with Gasteiger partial charge in [0.15, 0.2) is 0 Å². The molecule has 6 heteroatoms. The average molecular weight is 311 g/mol. The monoisotopic (exact) mass is 311 g/mol. The Hall–Kier alpha value is -1.69. The summed E-state index contributed by atoms with van der Waals surface area (Å²) in [6, 6.07) is 8.75. The summed E-state index contributed by atoms with van der Waals surface area (Å²) in [6.45, 7) is 5.19. The van der Waals surface area contributed by atoms with E-state index in [0.717, 1.165) is 4.90 Å². The molecular formula is C15H21NO4S. The number of carbonyl (C=O) groups is 2. The fraction of sp³-hybridized carbons (Fsp3) is 0.467. The van der Waals surface area contributed by atoms with Crippen LogP contribution in [0.2, 0.25) is 0 Å². The Morgan fingerprint density at radius 3 is 2.43 bits per heavy atom. The standard InChI is InChI=1S/C15H21NO4S/c1-15(2,3)20-14(19)16-12(13(17)18)9-10-21-11-7-5-4-6-8-11/h4-8,12H,9-10H2,1-3H3,(H,16,19)(H,17,18). The van der Waals surface area contributed by atoms with Gasteiger partial charge in [0, 0.05) is 10.6 Å². The molecule has 0 bridgehead atoms. The van der Waals surface area contributed by atoms with Crippen LogP contribution in [0.5, 0.6) is 0 Å². The maximum Gasteiger partial charge on any atom is 0.408 e. The molecule has 0 saturated carbocycles. The van der Waals surface area contributed by atoms with Crippen molar-refractivity contribution >= 4 is 23.8 Å². The third-order valence-electron chi connectivity index (χ3n) is 2.41. The van der Waals surface area contributed by atoms with Crippen LogP contribution in [0.25, 0.3) is 0 Å². The van der Waals surface area contributed by atoms with Crippen molar-refractivity contribution in [3.8, 4) is 0 Å². The molecular weight excluding hydrogens is 290 g/mol. The van der Waals surface area contributed by atoms with Crippen molar-refractivity contribution in [3.05, 3.63) is 30.3 Å². The molecule has 21 heavy (non-hydrogen) atoms. The summed E-state index contributed by atoms with van der Waals surface area (Å²) in [5.74, 6) is -0.467. The smallest absolute Gasteiger partial charge is 0.408 e. The Labute approximate surface area is 129 Å². The van der Waals surface area contributed by atoms with Gasteiger partial charge in [0.05, 0.1) is 0 Å². The lowest BCUT2D eigenvalue weighted by Gasteiger charge is -2.21. The van der Waals surface area contributed by atoms with Crippen LogP contribution in [0, 0.1) is 0 Å². The summed E-state index contributed by atoms with van der Waals surface area (Å²) >= 11 is 1.55. The predicted octanol–water partition coefficient (Wildman–Crippen LogP) is 3.15.